The average Bonchev–Trinajstić information content (AvgIpc) is 3.45. The summed E-state index contributed by atoms with van der Waals surface area (Å²) in [6.45, 7) is 3.50. The van der Waals surface area contributed by atoms with Crippen LogP contribution >= 0.6 is 0 Å². The number of hydrogen-bond donors (Lipinski definition) is 3. The number of benzene rings is 2. The number of carbonyl (C=O) groups excluding carboxylic acids is 2. The highest BCUT2D eigenvalue weighted by atomic mass is 16.2. The number of nitrogens with zero attached hydrogens (tertiary/aromatic N) is 4. The molecule has 3 N–H and O–H groups in total. The molecule has 4 aromatic rings. The molecule has 0 aliphatic carbocycles. The lowest BCUT2D eigenvalue weighted by Crippen LogP contribution is -2.36. The number of amides is 2. The molecular formula is C23H23N7O2. The van der Waals surface area contributed by atoms with Gasteiger partial charge in [-0.2, -0.15) is 20.5 Å². The summed E-state index contributed by atoms with van der Waals surface area (Å²) in [7, 11) is 0. The van der Waals surface area contributed by atoms with Gasteiger partial charge in [-0.05, 0) is 43.5 Å². The van der Waals surface area contributed by atoms with E-state index in [4.69, 9.17) is 0 Å². The summed E-state index contributed by atoms with van der Waals surface area (Å²) in [5.41, 5.74) is 6.42. The largest absolute Gasteiger partial charge is 0.350 e. The van der Waals surface area contributed by atoms with Crippen LogP contribution < -0.4 is 5.32 Å². The number of aromatic nitrogens is 5. The van der Waals surface area contributed by atoms with Gasteiger partial charge in [0.1, 0.15) is 11.0 Å². The summed E-state index contributed by atoms with van der Waals surface area (Å²) in [5, 5.41) is 20.8. The summed E-state index contributed by atoms with van der Waals surface area (Å²) < 4.78 is 0. The second kappa shape index (κ2) is 8.26. The van der Waals surface area contributed by atoms with Crippen LogP contribution in [0.25, 0.3) is 11.0 Å². The summed E-state index contributed by atoms with van der Waals surface area (Å²) in [6, 6.07) is 13.5. The predicted molar refractivity (Wildman–Crippen MR) is 118 cm³/mol. The standard InChI is InChI=1S/C23H23N7O2/c1-14-2-4-15(5-3-14)8-10-24-22(31)21-17-9-11-30(13-20(17)25-28-21)23(32)16-6-7-18-19(12-16)27-29-26-18/h2-7,12H,8-11,13H2,1H3,(H,24,31)(H,25,28)(H,26,27,29). The molecule has 9 nitrogen and oxygen atoms in total. The second-order valence-corrected chi connectivity index (χ2v) is 8.02. The van der Waals surface area contributed by atoms with Crippen molar-refractivity contribution in [3.8, 4) is 0 Å². The fraction of sp³-hybridized carbons (Fsp3) is 0.261. The Morgan fingerprint density at radius 3 is 2.72 bits per heavy atom. The van der Waals surface area contributed by atoms with Gasteiger partial charge in [0.2, 0.25) is 0 Å². The molecule has 1 aliphatic heterocycles. The van der Waals surface area contributed by atoms with E-state index in [0.717, 1.165) is 17.7 Å². The molecule has 1 aliphatic rings. The molecule has 32 heavy (non-hydrogen) atoms. The molecule has 0 fully saturated rings. The lowest BCUT2D eigenvalue weighted by Gasteiger charge is -2.27. The topological polar surface area (TPSA) is 120 Å². The first kappa shape index (κ1) is 19.9. The number of nitrogens with one attached hydrogen (secondary N) is 3. The number of rotatable bonds is 5. The van der Waals surface area contributed by atoms with Gasteiger partial charge in [0.05, 0.1) is 12.2 Å². The van der Waals surface area contributed by atoms with E-state index in [1.165, 1.54) is 11.1 Å². The lowest BCUT2D eigenvalue weighted by atomic mass is 10.0. The highest BCUT2D eigenvalue weighted by molar-refractivity contribution is 5.97. The minimum atomic E-state index is -0.189. The normalized spacial score (nSPS) is 13.2. The number of H-pyrrole nitrogens is 2. The average molecular weight is 429 g/mol. The first-order chi connectivity index (χ1) is 15.6. The Hall–Kier alpha value is -4.01. The van der Waals surface area contributed by atoms with E-state index in [-0.39, 0.29) is 11.8 Å². The van der Waals surface area contributed by atoms with Crippen molar-refractivity contribution in [1.82, 2.24) is 35.8 Å². The number of carbonyl (C=O) groups is 2. The van der Waals surface area contributed by atoms with Crippen LogP contribution in [0, 0.1) is 6.92 Å². The van der Waals surface area contributed by atoms with Gasteiger partial charge in [-0.25, -0.2) is 0 Å². The van der Waals surface area contributed by atoms with Crippen molar-refractivity contribution in [2.45, 2.75) is 26.3 Å². The summed E-state index contributed by atoms with van der Waals surface area (Å²) >= 11 is 0. The molecular weight excluding hydrogens is 406 g/mol. The SMILES string of the molecule is Cc1ccc(CCNC(=O)c2n[nH]c3c2CCN(C(=O)c2ccc4n[nH]nc4c2)C3)cc1. The zero-order valence-corrected chi connectivity index (χ0v) is 17.7. The molecule has 0 atom stereocenters. The van der Waals surface area contributed by atoms with E-state index in [2.05, 4.69) is 62.1 Å². The molecule has 162 valence electrons. The maximum atomic E-state index is 13.0. The van der Waals surface area contributed by atoms with Gasteiger partial charge in [0.15, 0.2) is 5.69 Å². The molecule has 2 aromatic carbocycles. The van der Waals surface area contributed by atoms with Crippen LogP contribution in [0.2, 0.25) is 0 Å². The first-order valence-electron chi connectivity index (χ1n) is 10.6. The Morgan fingerprint density at radius 1 is 1.06 bits per heavy atom. The van der Waals surface area contributed by atoms with Crippen LogP contribution in [0.4, 0.5) is 0 Å². The molecule has 0 spiro atoms. The quantitative estimate of drug-likeness (QED) is 0.449. The molecule has 9 heteroatoms. The monoisotopic (exact) mass is 429 g/mol. The Labute approximate surface area is 184 Å². The number of aryl methyl sites for hydroxylation is 1. The summed E-state index contributed by atoms with van der Waals surface area (Å²) in [6.07, 6.45) is 1.33. The van der Waals surface area contributed by atoms with E-state index in [9.17, 15) is 9.59 Å². The van der Waals surface area contributed by atoms with Gasteiger partial charge in [-0.3, -0.25) is 14.7 Å². The van der Waals surface area contributed by atoms with E-state index in [1.807, 2.05) is 0 Å². The predicted octanol–water partition coefficient (Wildman–Crippen LogP) is 2.16. The Balaban J connectivity index is 1.22. The van der Waals surface area contributed by atoms with Crippen molar-refractivity contribution < 1.29 is 9.59 Å². The Bertz CT molecular complexity index is 1290. The Kier molecular flexibility index (Phi) is 5.14. The van der Waals surface area contributed by atoms with Crippen molar-refractivity contribution in [1.29, 1.82) is 0 Å². The molecule has 0 radical (unpaired) electrons. The van der Waals surface area contributed by atoms with Crippen LogP contribution in [-0.4, -0.2) is 55.4 Å². The maximum Gasteiger partial charge on any atom is 0.272 e. The van der Waals surface area contributed by atoms with E-state index in [0.29, 0.717) is 48.3 Å². The zero-order valence-electron chi connectivity index (χ0n) is 17.7. The molecule has 2 amide bonds. The highest BCUT2D eigenvalue weighted by Crippen LogP contribution is 2.22. The second-order valence-electron chi connectivity index (χ2n) is 8.02. The number of aromatic amines is 2. The van der Waals surface area contributed by atoms with Gasteiger partial charge in [-0.1, -0.05) is 29.8 Å². The number of fused-ring (bicyclic) bond motifs is 2. The van der Waals surface area contributed by atoms with Crippen molar-refractivity contribution >= 4 is 22.8 Å². The fourth-order valence-electron chi connectivity index (χ4n) is 3.99. The van der Waals surface area contributed by atoms with E-state index >= 15 is 0 Å². The van der Waals surface area contributed by atoms with Gasteiger partial charge >= 0.3 is 0 Å². The fourth-order valence-corrected chi connectivity index (χ4v) is 3.99. The van der Waals surface area contributed by atoms with E-state index < -0.39 is 0 Å². The zero-order chi connectivity index (χ0) is 22.1. The molecule has 0 bridgehead atoms. The molecule has 3 heterocycles. The third-order valence-corrected chi connectivity index (χ3v) is 5.82. The van der Waals surface area contributed by atoms with Crippen molar-refractivity contribution in [3.05, 3.63) is 76.1 Å². The molecule has 2 aromatic heterocycles. The van der Waals surface area contributed by atoms with Gasteiger partial charge in [0, 0.05) is 24.2 Å². The van der Waals surface area contributed by atoms with Crippen LogP contribution in [-0.2, 0) is 19.4 Å². The van der Waals surface area contributed by atoms with Crippen molar-refractivity contribution in [3.63, 3.8) is 0 Å². The van der Waals surface area contributed by atoms with Crippen molar-refractivity contribution in [2.75, 3.05) is 13.1 Å². The third-order valence-electron chi connectivity index (χ3n) is 5.82. The van der Waals surface area contributed by atoms with E-state index in [1.54, 1.807) is 23.1 Å². The summed E-state index contributed by atoms with van der Waals surface area (Å²) in [5.74, 6) is -0.273. The third kappa shape index (κ3) is 3.84. The summed E-state index contributed by atoms with van der Waals surface area (Å²) in [4.78, 5) is 27.4. The van der Waals surface area contributed by atoms with Crippen LogP contribution in [0.1, 0.15) is 43.2 Å². The first-order valence-corrected chi connectivity index (χ1v) is 10.6. The molecule has 0 saturated carbocycles. The highest BCUT2D eigenvalue weighted by Gasteiger charge is 2.28. The van der Waals surface area contributed by atoms with Gasteiger partial charge in [0.25, 0.3) is 11.8 Å². The van der Waals surface area contributed by atoms with Crippen molar-refractivity contribution in [2.24, 2.45) is 0 Å². The minimum Gasteiger partial charge on any atom is -0.350 e. The molecule has 0 unspecified atom stereocenters. The van der Waals surface area contributed by atoms with Crippen LogP contribution in [0.15, 0.2) is 42.5 Å². The minimum absolute atomic E-state index is 0.0840. The maximum absolute atomic E-state index is 13.0. The number of hydrogen-bond acceptors (Lipinski definition) is 5. The van der Waals surface area contributed by atoms with Gasteiger partial charge in [-0.15, -0.1) is 0 Å². The van der Waals surface area contributed by atoms with Gasteiger partial charge < -0.3 is 10.2 Å². The lowest BCUT2D eigenvalue weighted by molar-refractivity contribution is 0.0732. The molecule has 5 rings (SSSR count). The molecule has 0 saturated heterocycles. The van der Waals surface area contributed by atoms with Crippen LogP contribution in [0.5, 0.6) is 0 Å². The Morgan fingerprint density at radius 2 is 1.88 bits per heavy atom. The van der Waals surface area contributed by atoms with Crippen LogP contribution in [0.3, 0.4) is 0 Å². The smallest absolute Gasteiger partial charge is 0.272 e.